The molecule has 146 valence electrons. The number of carbonyl (C=O) groups excluding carboxylic acids is 1. The first-order valence-corrected chi connectivity index (χ1v) is 9.71. The molecule has 0 atom stereocenters. The maximum Gasteiger partial charge on any atom is 0.360 e. The van der Waals surface area contributed by atoms with E-state index in [9.17, 15) is 13.2 Å². The van der Waals surface area contributed by atoms with Crippen LogP contribution in [-0.2, 0) is 26.0 Å². The van der Waals surface area contributed by atoms with E-state index in [-0.39, 0.29) is 24.7 Å². The van der Waals surface area contributed by atoms with Crippen molar-refractivity contribution < 1.29 is 27.1 Å². The van der Waals surface area contributed by atoms with Crippen LogP contribution in [0.5, 0.6) is 0 Å². The molecule has 0 fully saturated rings. The lowest BCUT2D eigenvalue weighted by Crippen LogP contribution is -2.30. The summed E-state index contributed by atoms with van der Waals surface area (Å²) in [7, 11) is -0.959. The second-order valence-corrected chi connectivity index (χ2v) is 7.37. The Morgan fingerprint density at radius 2 is 2.00 bits per heavy atom. The molecule has 0 aliphatic rings. The number of nitrogens with zero attached hydrogens (tertiary/aromatic N) is 2. The van der Waals surface area contributed by atoms with Gasteiger partial charge in [0.1, 0.15) is 6.26 Å². The molecule has 1 aromatic carbocycles. The van der Waals surface area contributed by atoms with E-state index in [4.69, 9.17) is 9.15 Å². The van der Waals surface area contributed by atoms with Gasteiger partial charge in [0.2, 0.25) is 15.9 Å². The van der Waals surface area contributed by atoms with Gasteiger partial charge < -0.3 is 13.9 Å². The molecule has 2 aromatic rings. The van der Waals surface area contributed by atoms with Gasteiger partial charge in [-0.1, -0.05) is 30.3 Å². The minimum Gasteiger partial charge on any atom is -0.464 e. The molecule has 0 radical (unpaired) electrons. The lowest BCUT2D eigenvalue weighted by Gasteiger charge is -2.18. The summed E-state index contributed by atoms with van der Waals surface area (Å²) in [6.07, 6.45) is 3.16. The molecule has 0 aliphatic carbocycles. The molecule has 1 aromatic heterocycles. The van der Waals surface area contributed by atoms with Crippen molar-refractivity contribution in [2.24, 2.45) is 0 Å². The highest BCUT2D eigenvalue weighted by Crippen LogP contribution is 2.14. The second kappa shape index (κ2) is 10.0. The molecule has 0 saturated carbocycles. The number of benzene rings is 1. The van der Waals surface area contributed by atoms with Gasteiger partial charge in [-0.15, -0.1) is 0 Å². The van der Waals surface area contributed by atoms with Crippen LogP contribution in [-0.4, -0.2) is 51.0 Å². The van der Waals surface area contributed by atoms with E-state index in [1.165, 1.54) is 17.5 Å². The lowest BCUT2D eigenvalue weighted by atomic mass is 10.2. The predicted molar refractivity (Wildman–Crippen MR) is 99.1 cm³/mol. The molecule has 2 rings (SSSR count). The van der Waals surface area contributed by atoms with Crippen LogP contribution in [0.15, 0.2) is 46.4 Å². The standard InChI is InChI=1S/C18H22N2O6S/c1-24-11-6-10-20(13-17-19-16(14-26-17)18(21)25-2)27(22,23)12-9-15-7-4-3-5-8-15/h3-5,7-9,12,14H,6,10-11,13H2,1-2H3/b12-9+. The van der Waals surface area contributed by atoms with Gasteiger partial charge in [-0.2, -0.15) is 4.31 Å². The molecule has 1 heterocycles. The quantitative estimate of drug-likeness (QED) is 0.450. The molecule has 8 nitrogen and oxygen atoms in total. The number of aromatic nitrogens is 1. The van der Waals surface area contributed by atoms with Gasteiger partial charge in [0, 0.05) is 25.7 Å². The summed E-state index contributed by atoms with van der Waals surface area (Å²) in [4.78, 5) is 15.5. The maximum absolute atomic E-state index is 12.7. The fourth-order valence-corrected chi connectivity index (χ4v) is 3.40. The molecular weight excluding hydrogens is 372 g/mol. The maximum atomic E-state index is 12.7. The second-order valence-electron chi connectivity index (χ2n) is 5.56. The third-order valence-corrected chi connectivity index (χ3v) is 5.12. The number of methoxy groups -OCH3 is 2. The molecule has 0 amide bonds. The van der Waals surface area contributed by atoms with Gasteiger partial charge in [0.05, 0.1) is 13.7 Å². The topological polar surface area (TPSA) is 98.9 Å². The number of oxazole rings is 1. The Balaban J connectivity index is 2.18. The zero-order valence-electron chi connectivity index (χ0n) is 15.2. The lowest BCUT2D eigenvalue weighted by molar-refractivity contribution is 0.0594. The number of hydrogen-bond acceptors (Lipinski definition) is 7. The van der Waals surface area contributed by atoms with Crippen LogP contribution in [0.25, 0.3) is 6.08 Å². The van der Waals surface area contributed by atoms with Crippen LogP contribution >= 0.6 is 0 Å². The minimum atomic E-state index is -3.73. The zero-order valence-corrected chi connectivity index (χ0v) is 16.0. The van der Waals surface area contributed by atoms with E-state index in [0.717, 1.165) is 17.2 Å². The Morgan fingerprint density at radius 1 is 1.26 bits per heavy atom. The monoisotopic (exact) mass is 394 g/mol. The minimum absolute atomic E-state index is 0.0124. The highest BCUT2D eigenvalue weighted by atomic mass is 32.2. The zero-order chi connectivity index (χ0) is 19.7. The third-order valence-electron chi connectivity index (χ3n) is 3.61. The summed E-state index contributed by atoms with van der Waals surface area (Å²) < 4.78 is 41.5. The van der Waals surface area contributed by atoms with Crippen LogP contribution < -0.4 is 0 Å². The summed E-state index contributed by atoms with van der Waals surface area (Å²) >= 11 is 0. The fourth-order valence-electron chi connectivity index (χ4n) is 2.23. The van der Waals surface area contributed by atoms with Crippen molar-refractivity contribution >= 4 is 22.1 Å². The number of carbonyl (C=O) groups is 1. The molecule has 0 N–H and O–H groups in total. The van der Waals surface area contributed by atoms with Crippen LogP contribution in [0.2, 0.25) is 0 Å². The summed E-state index contributed by atoms with van der Waals surface area (Å²) in [5.41, 5.74) is 0.753. The van der Waals surface area contributed by atoms with Gasteiger partial charge in [0.25, 0.3) is 0 Å². The Hall–Kier alpha value is -2.49. The first-order chi connectivity index (χ1) is 13.0. The van der Waals surface area contributed by atoms with Gasteiger partial charge in [-0.05, 0) is 18.1 Å². The normalized spacial score (nSPS) is 12.0. The Labute approximate surface area is 158 Å². The van der Waals surface area contributed by atoms with Crippen LogP contribution in [0.1, 0.15) is 28.4 Å². The molecule has 0 bridgehead atoms. The van der Waals surface area contributed by atoms with Crippen molar-refractivity contribution in [2.75, 3.05) is 27.4 Å². The van der Waals surface area contributed by atoms with Crippen LogP contribution in [0, 0.1) is 0 Å². The predicted octanol–water partition coefficient (Wildman–Crippen LogP) is 2.30. The van der Waals surface area contributed by atoms with E-state index < -0.39 is 16.0 Å². The number of esters is 1. The van der Waals surface area contributed by atoms with E-state index >= 15 is 0 Å². The van der Waals surface area contributed by atoms with Crippen molar-refractivity contribution in [3.63, 3.8) is 0 Å². The number of rotatable bonds is 10. The van der Waals surface area contributed by atoms with Gasteiger partial charge in [-0.3, -0.25) is 0 Å². The van der Waals surface area contributed by atoms with E-state index in [1.54, 1.807) is 19.2 Å². The molecule has 0 aliphatic heterocycles. The largest absolute Gasteiger partial charge is 0.464 e. The number of ether oxygens (including phenoxy) is 2. The third kappa shape index (κ3) is 6.31. The van der Waals surface area contributed by atoms with Crippen molar-refractivity contribution in [3.05, 3.63) is 59.2 Å². The average Bonchev–Trinajstić information content (AvgIpc) is 3.14. The number of hydrogen-bond donors (Lipinski definition) is 0. The Morgan fingerprint density at radius 3 is 2.67 bits per heavy atom. The van der Waals surface area contributed by atoms with Gasteiger partial charge >= 0.3 is 5.97 Å². The summed E-state index contributed by atoms with van der Waals surface area (Å²) in [5, 5.41) is 1.14. The molecule has 0 saturated heterocycles. The van der Waals surface area contributed by atoms with Crippen LogP contribution in [0.3, 0.4) is 0 Å². The first-order valence-electron chi connectivity index (χ1n) is 8.21. The molecule has 0 spiro atoms. The molecule has 0 unspecified atom stereocenters. The molecule has 27 heavy (non-hydrogen) atoms. The first kappa shape index (κ1) is 20.8. The Kier molecular flexibility index (Phi) is 7.71. The highest BCUT2D eigenvalue weighted by Gasteiger charge is 2.22. The van der Waals surface area contributed by atoms with Gasteiger partial charge in [-0.25, -0.2) is 18.2 Å². The van der Waals surface area contributed by atoms with Crippen molar-refractivity contribution in [1.29, 1.82) is 0 Å². The Bertz CT molecular complexity index is 861. The average molecular weight is 394 g/mol. The number of sulfonamides is 1. The summed E-state index contributed by atoms with van der Waals surface area (Å²) in [5.74, 6) is -0.549. The SMILES string of the molecule is COCCCN(Cc1nc(C(=O)OC)co1)S(=O)(=O)/C=C/c1ccccc1. The fraction of sp³-hybridized carbons (Fsp3) is 0.333. The summed E-state index contributed by atoms with van der Waals surface area (Å²) in [6.45, 7) is 0.515. The van der Waals surface area contributed by atoms with E-state index in [0.29, 0.717) is 13.0 Å². The van der Waals surface area contributed by atoms with Crippen molar-refractivity contribution in [2.45, 2.75) is 13.0 Å². The highest BCUT2D eigenvalue weighted by molar-refractivity contribution is 7.92. The smallest absolute Gasteiger partial charge is 0.360 e. The molecule has 9 heteroatoms. The van der Waals surface area contributed by atoms with E-state index in [1.807, 2.05) is 18.2 Å². The van der Waals surface area contributed by atoms with Crippen molar-refractivity contribution in [3.8, 4) is 0 Å². The summed E-state index contributed by atoms with van der Waals surface area (Å²) in [6, 6.07) is 9.11. The van der Waals surface area contributed by atoms with Crippen molar-refractivity contribution in [1.82, 2.24) is 9.29 Å². The van der Waals surface area contributed by atoms with Crippen LogP contribution in [0.4, 0.5) is 0 Å². The molecular formula is C18H22N2O6S. The van der Waals surface area contributed by atoms with E-state index in [2.05, 4.69) is 9.72 Å². The van der Waals surface area contributed by atoms with Gasteiger partial charge in [0.15, 0.2) is 5.69 Å².